The second kappa shape index (κ2) is 14.0. The van der Waals surface area contributed by atoms with Crippen molar-refractivity contribution in [1.82, 2.24) is 4.90 Å². The van der Waals surface area contributed by atoms with Gasteiger partial charge in [-0.15, -0.1) is 13.2 Å². The molecular weight excluding hydrogens is 446 g/mol. The van der Waals surface area contributed by atoms with Crippen molar-refractivity contribution < 1.29 is 28.5 Å². The van der Waals surface area contributed by atoms with Crippen LogP contribution >= 0.6 is 0 Å². The van der Waals surface area contributed by atoms with Crippen LogP contribution in [0.4, 0.5) is 0 Å². The number of carbonyl (C=O) groups excluding carboxylic acids is 2. The zero-order chi connectivity index (χ0) is 25.8. The molecule has 1 heterocycles. The van der Waals surface area contributed by atoms with E-state index < -0.39 is 5.97 Å². The van der Waals surface area contributed by atoms with E-state index in [1.807, 2.05) is 32.1 Å². The maximum absolute atomic E-state index is 12.6. The number of allylic oxidation sites excluding steroid dienone is 2. The topological polar surface area (TPSA) is 74.3 Å². The van der Waals surface area contributed by atoms with E-state index in [0.29, 0.717) is 56.0 Å². The van der Waals surface area contributed by atoms with E-state index in [1.165, 1.54) is 7.11 Å². The first kappa shape index (κ1) is 27.7. The van der Waals surface area contributed by atoms with Gasteiger partial charge in [-0.2, -0.15) is 0 Å². The highest BCUT2D eigenvalue weighted by molar-refractivity contribution is 5.98. The van der Waals surface area contributed by atoms with Crippen LogP contribution in [-0.2, 0) is 27.3 Å². The van der Waals surface area contributed by atoms with Gasteiger partial charge in [0.1, 0.15) is 30.3 Å². The number of fused-ring (bicyclic) bond motifs is 1. The first-order valence-electron chi connectivity index (χ1n) is 11.5. The van der Waals surface area contributed by atoms with Gasteiger partial charge in [0.2, 0.25) is 0 Å². The Hall–Kier alpha value is -3.50. The first-order valence-corrected chi connectivity index (χ1v) is 11.5. The first-order chi connectivity index (χ1) is 16.9. The molecule has 188 valence electrons. The van der Waals surface area contributed by atoms with Gasteiger partial charge in [-0.05, 0) is 32.3 Å². The SMILES string of the molecule is C=CCN(CC#CCOc1c(C/C=C(\C)CCC(=O)OC)c(OC)c(C)c2c1C(=O)OC2)CC=C. The van der Waals surface area contributed by atoms with Gasteiger partial charge in [-0.1, -0.05) is 35.6 Å². The number of esters is 2. The minimum atomic E-state index is -0.413. The van der Waals surface area contributed by atoms with Gasteiger partial charge in [-0.25, -0.2) is 4.79 Å². The smallest absolute Gasteiger partial charge is 0.342 e. The fourth-order valence-corrected chi connectivity index (χ4v) is 3.84. The van der Waals surface area contributed by atoms with Crippen molar-refractivity contribution >= 4 is 11.9 Å². The van der Waals surface area contributed by atoms with Crippen molar-refractivity contribution in [2.24, 2.45) is 0 Å². The summed E-state index contributed by atoms with van der Waals surface area (Å²) in [4.78, 5) is 26.2. The number of benzene rings is 1. The van der Waals surface area contributed by atoms with Gasteiger partial charge in [0, 0.05) is 30.6 Å². The lowest BCUT2D eigenvalue weighted by molar-refractivity contribution is -0.140. The van der Waals surface area contributed by atoms with Crippen molar-refractivity contribution in [3.63, 3.8) is 0 Å². The van der Waals surface area contributed by atoms with Gasteiger partial charge >= 0.3 is 11.9 Å². The molecule has 0 unspecified atom stereocenters. The van der Waals surface area contributed by atoms with Crippen LogP contribution in [0.2, 0.25) is 0 Å². The van der Waals surface area contributed by atoms with Crippen molar-refractivity contribution in [2.75, 3.05) is 40.5 Å². The fraction of sp³-hybridized carbons (Fsp3) is 0.429. The summed E-state index contributed by atoms with van der Waals surface area (Å²) in [6, 6.07) is 0. The Balaban J connectivity index is 2.31. The number of methoxy groups -OCH3 is 2. The van der Waals surface area contributed by atoms with Crippen LogP contribution < -0.4 is 9.47 Å². The van der Waals surface area contributed by atoms with E-state index in [4.69, 9.17) is 18.9 Å². The summed E-state index contributed by atoms with van der Waals surface area (Å²) in [5, 5.41) is 0. The number of nitrogens with zero attached hydrogens (tertiary/aromatic N) is 1. The minimum absolute atomic E-state index is 0.111. The quantitative estimate of drug-likeness (QED) is 0.238. The molecular formula is C28H35NO6. The van der Waals surface area contributed by atoms with Crippen molar-refractivity contribution in [2.45, 2.75) is 39.7 Å². The van der Waals surface area contributed by atoms with Crippen molar-refractivity contribution in [1.29, 1.82) is 0 Å². The molecule has 0 aliphatic carbocycles. The maximum Gasteiger partial charge on any atom is 0.342 e. The molecule has 1 aliphatic heterocycles. The highest BCUT2D eigenvalue weighted by Crippen LogP contribution is 2.42. The second-order valence-corrected chi connectivity index (χ2v) is 8.14. The molecule has 0 atom stereocenters. The molecule has 0 bridgehead atoms. The summed E-state index contributed by atoms with van der Waals surface area (Å²) >= 11 is 0. The number of cyclic esters (lactones) is 1. The van der Waals surface area contributed by atoms with Gasteiger partial charge < -0.3 is 18.9 Å². The molecule has 7 nitrogen and oxygen atoms in total. The van der Waals surface area contributed by atoms with E-state index >= 15 is 0 Å². The number of hydrogen-bond acceptors (Lipinski definition) is 7. The molecule has 0 N–H and O–H groups in total. The summed E-state index contributed by atoms with van der Waals surface area (Å²) in [6.07, 6.45) is 7.00. The number of ether oxygens (including phenoxy) is 4. The Morgan fingerprint density at radius 1 is 1.14 bits per heavy atom. The lowest BCUT2D eigenvalue weighted by Gasteiger charge is -2.19. The molecule has 0 radical (unpaired) electrons. The van der Waals surface area contributed by atoms with Crippen LogP contribution in [0.25, 0.3) is 0 Å². The molecule has 0 fully saturated rings. The Labute approximate surface area is 208 Å². The van der Waals surface area contributed by atoms with E-state index in [-0.39, 0.29) is 19.2 Å². The highest BCUT2D eigenvalue weighted by Gasteiger charge is 2.33. The Morgan fingerprint density at radius 3 is 2.49 bits per heavy atom. The third-order valence-corrected chi connectivity index (χ3v) is 5.72. The third-order valence-electron chi connectivity index (χ3n) is 5.72. The molecule has 2 rings (SSSR count). The van der Waals surface area contributed by atoms with Gasteiger partial charge in [0.25, 0.3) is 0 Å². The zero-order valence-electron chi connectivity index (χ0n) is 21.2. The molecule has 1 aromatic rings. The van der Waals surface area contributed by atoms with Gasteiger partial charge in [-0.3, -0.25) is 9.69 Å². The largest absolute Gasteiger partial charge is 0.496 e. The van der Waals surface area contributed by atoms with Crippen LogP contribution in [-0.4, -0.2) is 57.3 Å². The lowest BCUT2D eigenvalue weighted by Crippen LogP contribution is -2.24. The van der Waals surface area contributed by atoms with Crippen LogP contribution in [0, 0.1) is 18.8 Å². The summed E-state index contributed by atoms with van der Waals surface area (Å²) in [5.74, 6) is 6.55. The summed E-state index contributed by atoms with van der Waals surface area (Å²) in [6.45, 7) is 13.7. The predicted octanol–water partition coefficient (Wildman–Crippen LogP) is 4.17. The van der Waals surface area contributed by atoms with Gasteiger partial charge in [0.15, 0.2) is 0 Å². The van der Waals surface area contributed by atoms with E-state index in [0.717, 1.165) is 22.3 Å². The number of carbonyl (C=O) groups is 2. The maximum atomic E-state index is 12.6. The lowest BCUT2D eigenvalue weighted by atomic mass is 9.94. The van der Waals surface area contributed by atoms with E-state index in [2.05, 4.69) is 29.9 Å². The molecule has 35 heavy (non-hydrogen) atoms. The van der Waals surface area contributed by atoms with Crippen molar-refractivity contribution in [3.05, 3.63) is 59.2 Å². The molecule has 1 aromatic carbocycles. The fourth-order valence-electron chi connectivity index (χ4n) is 3.84. The monoisotopic (exact) mass is 481 g/mol. The Morgan fingerprint density at radius 2 is 1.86 bits per heavy atom. The van der Waals surface area contributed by atoms with Crippen LogP contribution in [0.3, 0.4) is 0 Å². The van der Waals surface area contributed by atoms with Gasteiger partial charge in [0.05, 0.1) is 20.8 Å². The van der Waals surface area contributed by atoms with Crippen LogP contribution in [0.15, 0.2) is 37.0 Å². The molecule has 0 amide bonds. The summed E-state index contributed by atoms with van der Waals surface area (Å²) < 4.78 is 21.8. The van der Waals surface area contributed by atoms with Crippen LogP contribution in [0.1, 0.15) is 46.8 Å². The molecule has 0 spiro atoms. The number of rotatable bonds is 13. The second-order valence-electron chi connectivity index (χ2n) is 8.14. The Bertz CT molecular complexity index is 1030. The van der Waals surface area contributed by atoms with Crippen molar-refractivity contribution in [3.8, 4) is 23.3 Å². The molecule has 1 aliphatic rings. The Kier molecular flexibility index (Phi) is 11.1. The predicted molar refractivity (Wildman–Crippen MR) is 136 cm³/mol. The standard InChI is InChI=1S/C28H35NO6/c1-7-15-29(16-8-2)17-9-10-18-34-27-22(13-11-20(3)12-14-24(30)32-5)26(33-6)21(4)23-19-35-28(31)25(23)27/h7-8,11H,1-2,12-19H2,3-6H3/b20-11+. The molecule has 7 heteroatoms. The van der Waals surface area contributed by atoms with Crippen LogP contribution in [0.5, 0.6) is 11.5 Å². The minimum Gasteiger partial charge on any atom is -0.496 e. The van der Waals surface area contributed by atoms with E-state index in [1.54, 1.807) is 7.11 Å². The average molecular weight is 482 g/mol. The summed E-state index contributed by atoms with van der Waals surface area (Å²) in [7, 11) is 2.97. The third kappa shape index (κ3) is 7.49. The average Bonchev–Trinajstić information content (AvgIpc) is 3.24. The van der Waals surface area contributed by atoms with E-state index in [9.17, 15) is 9.59 Å². The number of hydrogen-bond donors (Lipinski definition) is 0. The summed E-state index contributed by atoms with van der Waals surface area (Å²) in [5.41, 5.74) is 3.83. The zero-order valence-corrected chi connectivity index (χ0v) is 21.2. The molecule has 0 aromatic heterocycles. The molecule has 0 saturated carbocycles. The normalized spacial score (nSPS) is 12.4. The molecule has 0 saturated heterocycles. The highest BCUT2D eigenvalue weighted by atomic mass is 16.5.